The largest absolute Gasteiger partial charge is 0.372 e. The molecule has 0 fully saturated rings. The van der Waals surface area contributed by atoms with Gasteiger partial charge in [-0.05, 0) is 25.5 Å². The first-order valence-electron chi connectivity index (χ1n) is 5.78. The van der Waals surface area contributed by atoms with Crippen LogP contribution >= 0.6 is 11.6 Å². The zero-order valence-corrected chi connectivity index (χ0v) is 11.0. The van der Waals surface area contributed by atoms with Crippen molar-refractivity contribution in [2.45, 2.75) is 20.4 Å². The summed E-state index contributed by atoms with van der Waals surface area (Å²) >= 11 is 6.07. The average molecular weight is 256 g/mol. The normalized spacial score (nSPS) is 10.3. The number of nitrogens with zero attached hydrogens (tertiary/aromatic N) is 1. The molecule has 0 N–H and O–H groups in total. The van der Waals surface area contributed by atoms with Gasteiger partial charge in [-0.15, -0.1) is 0 Å². The minimum atomic E-state index is -0.00531. The Morgan fingerprint density at radius 1 is 1.35 bits per heavy atom. The SMILES string of the molecule is CCOCC(=O)N(CC)Cc1ccccc1Cl. The van der Waals surface area contributed by atoms with Crippen molar-refractivity contribution in [2.24, 2.45) is 0 Å². The van der Waals surface area contributed by atoms with E-state index in [-0.39, 0.29) is 12.5 Å². The van der Waals surface area contributed by atoms with Crippen molar-refractivity contribution in [1.29, 1.82) is 0 Å². The van der Waals surface area contributed by atoms with Gasteiger partial charge in [0.15, 0.2) is 0 Å². The molecule has 17 heavy (non-hydrogen) atoms. The fourth-order valence-corrected chi connectivity index (χ4v) is 1.68. The summed E-state index contributed by atoms with van der Waals surface area (Å²) < 4.78 is 5.12. The lowest BCUT2D eigenvalue weighted by molar-refractivity contribution is -0.136. The maximum Gasteiger partial charge on any atom is 0.248 e. The lowest BCUT2D eigenvalue weighted by atomic mass is 10.2. The van der Waals surface area contributed by atoms with Crippen molar-refractivity contribution in [3.63, 3.8) is 0 Å². The number of hydrogen-bond donors (Lipinski definition) is 0. The predicted molar refractivity (Wildman–Crippen MR) is 69.0 cm³/mol. The third-order valence-corrected chi connectivity index (χ3v) is 2.85. The molecule has 0 spiro atoms. The van der Waals surface area contributed by atoms with E-state index in [2.05, 4.69) is 0 Å². The first-order valence-corrected chi connectivity index (χ1v) is 6.15. The number of rotatable bonds is 6. The van der Waals surface area contributed by atoms with E-state index in [1.54, 1.807) is 4.90 Å². The highest BCUT2D eigenvalue weighted by Crippen LogP contribution is 2.16. The molecule has 0 aliphatic rings. The Bertz CT molecular complexity index is 368. The molecule has 0 aliphatic heterocycles. The van der Waals surface area contributed by atoms with Gasteiger partial charge in [0.2, 0.25) is 5.91 Å². The second-order valence-electron chi connectivity index (χ2n) is 3.64. The Morgan fingerprint density at radius 2 is 2.06 bits per heavy atom. The van der Waals surface area contributed by atoms with Gasteiger partial charge in [-0.25, -0.2) is 0 Å². The molecule has 4 heteroatoms. The Balaban J connectivity index is 2.63. The minimum Gasteiger partial charge on any atom is -0.372 e. The molecule has 94 valence electrons. The zero-order valence-electron chi connectivity index (χ0n) is 10.3. The van der Waals surface area contributed by atoms with Crippen molar-refractivity contribution < 1.29 is 9.53 Å². The van der Waals surface area contributed by atoms with Gasteiger partial charge in [0.05, 0.1) is 0 Å². The summed E-state index contributed by atoms with van der Waals surface area (Å²) in [4.78, 5) is 13.5. The smallest absolute Gasteiger partial charge is 0.248 e. The van der Waals surface area contributed by atoms with E-state index in [1.807, 2.05) is 38.1 Å². The number of halogens is 1. The quantitative estimate of drug-likeness (QED) is 0.782. The number of carbonyl (C=O) groups excluding carboxylic acids is 1. The van der Waals surface area contributed by atoms with Crippen molar-refractivity contribution in [3.8, 4) is 0 Å². The molecule has 0 saturated carbocycles. The Morgan fingerprint density at radius 3 is 2.65 bits per heavy atom. The molecular weight excluding hydrogens is 238 g/mol. The Hall–Kier alpha value is -1.06. The maximum atomic E-state index is 11.8. The van der Waals surface area contributed by atoms with Gasteiger partial charge in [0.25, 0.3) is 0 Å². The van der Waals surface area contributed by atoms with Crippen LogP contribution < -0.4 is 0 Å². The molecule has 1 amide bonds. The summed E-state index contributed by atoms with van der Waals surface area (Å²) in [5.74, 6) is -0.00531. The number of hydrogen-bond acceptors (Lipinski definition) is 2. The van der Waals surface area contributed by atoms with Gasteiger partial charge in [0.1, 0.15) is 6.61 Å². The predicted octanol–water partition coefficient (Wildman–Crippen LogP) is 2.73. The van der Waals surface area contributed by atoms with Crippen molar-refractivity contribution in [3.05, 3.63) is 34.9 Å². The van der Waals surface area contributed by atoms with Crippen molar-refractivity contribution >= 4 is 17.5 Å². The van der Waals surface area contributed by atoms with Gasteiger partial charge in [-0.3, -0.25) is 4.79 Å². The number of benzene rings is 1. The van der Waals surface area contributed by atoms with Gasteiger partial charge in [-0.2, -0.15) is 0 Å². The van der Waals surface area contributed by atoms with Crippen LogP contribution in [0.3, 0.4) is 0 Å². The first kappa shape index (κ1) is 14.0. The third kappa shape index (κ3) is 4.36. The molecule has 0 saturated heterocycles. The maximum absolute atomic E-state index is 11.8. The molecule has 0 aromatic heterocycles. The summed E-state index contributed by atoms with van der Waals surface area (Å²) in [6, 6.07) is 7.56. The highest BCUT2D eigenvalue weighted by molar-refractivity contribution is 6.31. The highest BCUT2D eigenvalue weighted by Gasteiger charge is 2.13. The molecule has 0 radical (unpaired) electrons. The number of amides is 1. The molecule has 3 nitrogen and oxygen atoms in total. The van der Waals surface area contributed by atoms with Crippen molar-refractivity contribution in [1.82, 2.24) is 4.90 Å². The first-order chi connectivity index (χ1) is 8.19. The average Bonchev–Trinajstić information content (AvgIpc) is 2.35. The monoisotopic (exact) mass is 255 g/mol. The van der Waals surface area contributed by atoms with Crippen molar-refractivity contribution in [2.75, 3.05) is 19.8 Å². The fourth-order valence-electron chi connectivity index (χ4n) is 1.49. The Kier molecular flexibility index (Phi) is 6.01. The number of carbonyl (C=O) groups is 1. The molecule has 1 rings (SSSR count). The highest BCUT2D eigenvalue weighted by atomic mass is 35.5. The van der Waals surface area contributed by atoms with E-state index in [4.69, 9.17) is 16.3 Å². The molecule has 0 heterocycles. The summed E-state index contributed by atoms with van der Waals surface area (Å²) in [7, 11) is 0. The van der Waals surface area contributed by atoms with Gasteiger partial charge < -0.3 is 9.64 Å². The topological polar surface area (TPSA) is 29.5 Å². The van der Waals surface area contributed by atoms with Crippen LogP contribution in [0.25, 0.3) is 0 Å². The lowest BCUT2D eigenvalue weighted by Gasteiger charge is -2.21. The van der Waals surface area contributed by atoms with E-state index in [9.17, 15) is 4.79 Å². The third-order valence-electron chi connectivity index (χ3n) is 2.48. The number of likely N-dealkylation sites (N-methyl/N-ethyl adjacent to an activating group) is 1. The summed E-state index contributed by atoms with van der Waals surface area (Å²) in [5.41, 5.74) is 0.959. The van der Waals surface area contributed by atoms with E-state index in [0.717, 1.165) is 5.56 Å². The van der Waals surface area contributed by atoms with Crippen LogP contribution in [-0.2, 0) is 16.1 Å². The van der Waals surface area contributed by atoms with Crippen LogP contribution in [0, 0.1) is 0 Å². The van der Waals surface area contributed by atoms with Gasteiger partial charge in [-0.1, -0.05) is 29.8 Å². The standard InChI is InChI=1S/C13H18ClNO2/c1-3-15(13(16)10-17-4-2)9-11-7-5-6-8-12(11)14/h5-8H,3-4,9-10H2,1-2H3. The zero-order chi connectivity index (χ0) is 12.7. The van der Waals surface area contributed by atoms with Gasteiger partial charge in [0, 0.05) is 24.7 Å². The van der Waals surface area contributed by atoms with E-state index < -0.39 is 0 Å². The van der Waals surface area contributed by atoms with Crippen LogP contribution in [0.4, 0.5) is 0 Å². The lowest BCUT2D eigenvalue weighted by Crippen LogP contribution is -2.33. The molecule has 1 aromatic rings. The summed E-state index contributed by atoms with van der Waals surface area (Å²) in [5, 5.41) is 0.690. The second kappa shape index (κ2) is 7.30. The van der Waals surface area contributed by atoms with E-state index in [0.29, 0.717) is 24.7 Å². The second-order valence-corrected chi connectivity index (χ2v) is 4.04. The Labute approximate surface area is 107 Å². The molecule has 0 atom stereocenters. The minimum absolute atomic E-state index is 0.00531. The molecular formula is C13H18ClNO2. The van der Waals surface area contributed by atoms with Crippen LogP contribution in [0.1, 0.15) is 19.4 Å². The fraction of sp³-hybridized carbons (Fsp3) is 0.462. The van der Waals surface area contributed by atoms with E-state index in [1.165, 1.54) is 0 Å². The molecule has 1 aromatic carbocycles. The molecule has 0 unspecified atom stereocenters. The molecule has 0 bridgehead atoms. The van der Waals surface area contributed by atoms with Crippen LogP contribution in [0.5, 0.6) is 0 Å². The van der Waals surface area contributed by atoms with Crippen LogP contribution in [-0.4, -0.2) is 30.6 Å². The van der Waals surface area contributed by atoms with Gasteiger partial charge >= 0.3 is 0 Å². The van der Waals surface area contributed by atoms with Crippen LogP contribution in [0.15, 0.2) is 24.3 Å². The van der Waals surface area contributed by atoms with E-state index >= 15 is 0 Å². The number of ether oxygens (including phenoxy) is 1. The van der Waals surface area contributed by atoms with Crippen LogP contribution in [0.2, 0.25) is 5.02 Å². The summed E-state index contributed by atoms with van der Waals surface area (Å²) in [6.45, 7) is 5.68. The molecule has 0 aliphatic carbocycles. The summed E-state index contributed by atoms with van der Waals surface area (Å²) in [6.07, 6.45) is 0.